The van der Waals surface area contributed by atoms with Gasteiger partial charge in [-0.05, 0) is 72.0 Å². The predicted octanol–water partition coefficient (Wildman–Crippen LogP) is 6.18. The number of aliphatic hydroxyl groups excluding tert-OH is 1. The van der Waals surface area contributed by atoms with Crippen LogP contribution in [-0.4, -0.2) is 29.1 Å². The third-order valence-electron chi connectivity index (χ3n) is 7.07. The summed E-state index contributed by atoms with van der Waals surface area (Å²) in [5.74, 6) is -0.552. The van der Waals surface area contributed by atoms with Gasteiger partial charge in [0.25, 0.3) is 10.1 Å². The van der Waals surface area contributed by atoms with Crippen molar-refractivity contribution < 1.29 is 28.0 Å². The Hall–Kier alpha value is -3.69. The first kappa shape index (κ1) is 26.9. The van der Waals surface area contributed by atoms with E-state index in [2.05, 4.69) is 0 Å². The molecule has 9 heteroatoms. The molecule has 7 nitrogen and oxygen atoms in total. The van der Waals surface area contributed by atoms with Crippen LogP contribution in [0, 0.1) is 5.92 Å². The summed E-state index contributed by atoms with van der Waals surface area (Å²) < 4.78 is 31.9. The van der Waals surface area contributed by atoms with E-state index in [1.54, 1.807) is 59.5 Å². The Morgan fingerprint density at radius 3 is 2.21 bits per heavy atom. The maximum Gasteiger partial charge on any atom is 0.294 e. The van der Waals surface area contributed by atoms with Gasteiger partial charge in [0.2, 0.25) is 5.91 Å². The summed E-state index contributed by atoms with van der Waals surface area (Å²) >= 11 is 6.07. The first-order valence-corrected chi connectivity index (χ1v) is 14.2. The molecule has 39 heavy (non-hydrogen) atoms. The van der Waals surface area contributed by atoms with E-state index in [-0.39, 0.29) is 16.6 Å². The molecule has 1 heterocycles. The van der Waals surface area contributed by atoms with Crippen molar-refractivity contribution in [3.05, 3.63) is 113 Å². The van der Waals surface area contributed by atoms with Crippen LogP contribution in [0.25, 0.3) is 11.1 Å². The van der Waals surface area contributed by atoms with Crippen LogP contribution in [0.4, 0.5) is 5.69 Å². The van der Waals surface area contributed by atoms with Crippen LogP contribution in [-0.2, 0) is 14.9 Å². The zero-order chi connectivity index (χ0) is 27.7. The molecule has 0 bridgehead atoms. The Labute approximate surface area is 231 Å². The average Bonchev–Trinajstić information content (AvgIpc) is 2.92. The van der Waals surface area contributed by atoms with Gasteiger partial charge >= 0.3 is 0 Å². The second kappa shape index (κ2) is 10.8. The van der Waals surface area contributed by atoms with E-state index in [0.29, 0.717) is 45.8 Å². The number of β-lactam (4-membered cyclic amide) rings is 1. The van der Waals surface area contributed by atoms with Crippen molar-refractivity contribution in [1.29, 1.82) is 0 Å². The Balaban J connectivity index is 1.43. The molecule has 1 saturated heterocycles. The highest BCUT2D eigenvalue weighted by Gasteiger charge is 2.49. The number of aliphatic hydroxyl groups is 1. The van der Waals surface area contributed by atoms with Gasteiger partial charge < -0.3 is 15.1 Å². The number of rotatable bonds is 8. The fourth-order valence-electron chi connectivity index (χ4n) is 5.07. The summed E-state index contributed by atoms with van der Waals surface area (Å²) in [6.45, 7) is 0. The summed E-state index contributed by atoms with van der Waals surface area (Å²) in [5, 5.41) is 22.4. The minimum Gasteiger partial charge on any atom is -0.508 e. The van der Waals surface area contributed by atoms with Crippen molar-refractivity contribution in [2.45, 2.75) is 29.9 Å². The van der Waals surface area contributed by atoms with Crippen LogP contribution in [0.5, 0.6) is 5.75 Å². The van der Waals surface area contributed by atoms with Gasteiger partial charge in [0.15, 0.2) is 0 Å². The third-order valence-corrected chi connectivity index (χ3v) is 8.17. The number of phenolic OH excluding ortho intramolecular Hbond substituents is 1. The molecule has 0 saturated carbocycles. The minimum atomic E-state index is -4.31. The lowest BCUT2D eigenvalue weighted by Gasteiger charge is -2.48. The normalized spacial score (nSPS) is 18.0. The molecular formula is C30H26ClNO6S. The van der Waals surface area contributed by atoms with Crippen LogP contribution in [0.2, 0.25) is 5.02 Å². The molecule has 3 atom stereocenters. The van der Waals surface area contributed by atoms with Crippen LogP contribution in [0.15, 0.2) is 102 Å². The molecule has 3 N–H and O–H groups in total. The molecule has 1 amide bonds. The van der Waals surface area contributed by atoms with Crippen LogP contribution in [0.1, 0.15) is 36.1 Å². The van der Waals surface area contributed by atoms with Gasteiger partial charge in [-0.1, -0.05) is 66.2 Å². The number of para-hydroxylation sites is 1. The lowest BCUT2D eigenvalue weighted by Crippen LogP contribution is -2.55. The number of amides is 1. The van der Waals surface area contributed by atoms with Gasteiger partial charge in [0, 0.05) is 16.3 Å². The Morgan fingerprint density at radius 1 is 0.872 bits per heavy atom. The summed E-state index contributed by atoms with van der Waals surface area (Å²) in [7, 11) is -4.31. The molecule has 0 unspecified atom stereocenters. The lowest BCUT2D eigenvalue weighted by molar-refractivity contribution is -0.131. The first-order chi connectivity index (χ1) is 18.6. The second-order valence-electron chi connectivity index (χ2n) is 9.52. The quantitative estimate of drug-likeness (QED) is 0.174. The van der Waals surface area contributed by atoms with Crippen molar-refractivity contribution in [3.63, 3.8) is 0 Å². The van der Waals surface area contributed by atoms with Crippen molar-refractivity contribution in [2.24, 2.45) is 5.92 Å². The molecule has 5 rings (SSSR count). The van der Waals surface area contributed by atoms with Crippen molar-refractivity contribution in [1.82, 2.24) is 0 Å². The SMILES string of the molecule is O=C1[C@H](CC[C@H](O)c2cccc(Cl)c2)[C@@H](c2ccc(-c3ccc(S(=O)(=O)O)cc3)cc2O)N1c1ccccc1. The molecule has 1 aliphatic rings. The number of benzene rings is 4. The van der Waals surface area contributed by atoms with E-state index in [4.69, 9.17) is 11.6 Å². The topological polar surface area (TPSA) is 115 Å². The summed E-state index contributed by atoms with van der Waals surface area (Å²) in [4.78, 5) is 14.8. The first-order valence-electron chi connectivity index (χ1n) is 12.4. The summed E-state index contributed by atoms with van der Waals surface area (Å²) in [6.07, 6.45) is -0.0437. The van der Waals surface area contributed by atoms with Crippen LogP contribution in [0.3, 0.4) is 0 Å². The van der Waals surface area contributed by atoms with Gasteiger partial charge in [-0.2, -0.15) is 8.42 Å². The maximum atomic E-state index is 13.3. The van der Waals surface area contributed by atoms with E-state index in [1.165, 1.54) is 12.1 Å². The van der Waals surface area contributed by atoms with Crippen LogP contribution < -0.4 is 4.90 Å². The number of anilines is 1. The largest absolute Gasteiger partial charge is 0.508 e. The average molecular weight is 564 g/mol. The molecule has 0 spiro atoms. The van der Waals surface area contributed by atoms with Gasteiger partial charge in [0.1, 0.15) is 5.75 Å². The Morgan fingerprint density at radius 2 is 1.56 bits per heavy atom. The van der Waals surface area contributed by atoms with Gasteiger partial charge in [-0.15, -0.1) is 0 Å². The molecule has 1 aliphatic heterocycles. The summed E-state index contributed by atoms with van der Waals surface area (Å²) in [5.41, 5.74) is 3.25. The van der Waals surface area contributed by atoms with E-state index in [0.717, 1.165) is 0 Å². The van der Waals surface area contributed by atoms with E-state index >= 15 is 0 Å². The number of halogens is 1. The zero-order valence-corrected chi connectivity index (χ0v) is 22.3. The molecule has 4 aromatic rings. The highest BCUT2D eigenvalue weighted by Crippen LogP contribution is 2.49. The van der Waals surface area contributed by atoms with Crippen molar-refractivity contribution in [2.75, 3.05) is 4.90 Å². The van der Waals surface area contributed by atoms with Crippen molar-refractivity contribution in [3.8, 4) is 16.9 Å². The lowest BCUT2D eigenvalue weighted by atomic mass is 9.77. The highest BCUT2D eigenvalue weighted by molar-refractivity contribution is 7.85. The molecule has 0 aliphatic carbocycles. The van der Waals surface area contributed by atoms with E-state index in [9.17, 15) is 28.0 Å². The zero-order valence-electron chi connectivity index (χ0n) is 20.7. The second-order valence-corrected chi connectivity index (χ2v) is 11.4. The molecular weight excluding hydrogens is 538 g/mol. The number of aromatic hydroxyl groups is 1. The number of hydrogen-bond acceptors (Lipinski definition) is 5. The number of nitrogens with zero attached hydrogens (tertiary/aromatic N) is 1. The third kappa shape index (κ3) is 5.55. The van der Waals surface area contributed by atoms with Gasteiger partial charge in [0.05, 0.1) is 23.0 Å². The number of phenols is 1. The highest BCUT2D eigenvalue weighted by atomic mass is 35.5. The minimum absolute atomic E-state index is 0.00910. The van der Waals surface area contributed by atoms with E-state index in [1.807, 2.05) is 30.3 Å². The molecule has 200 valence electrons. The number of carbonyl (C=O) groups is 1. The van der Waals surface area contributed by atoms with Gasteiger partial charge in [-0.3, -0.25) is 9.35 Å². The smallest absolute Gasteiger partial charge is 0.294 e. The fraction of sp³-hybridized carbons (Fsp3) is 0.167. The number of hydrogen-bond donors (Lipinski definition) is 3. The molecule has 1 fully saturated rings. The fourth-order valence-corrected chi connectivity index (χ4v) is 5.75. The molecule has 0 radical (unpaired) electrons. The van der Waals surface area contributed by atoms with E-state index < -0.39 is 28.2 Å². The summed E-state index contributed by atoms with van der Waals surface area (Å²) in [6, 6.07) is 26.6. The predicted molar refractivity (Wildman–Crippen MR) is 149 cm³/mol. The molecule has 0 aromatic heterocycles. The standard InChI is InChI=1S/C30H26ClNO6S/c31-22-6-4-5-21(17-22)27(33)16-15-26-29(32(30(26)35)23-7-2-1-3-8-23)25-14-11-20(18-28(25)34)19-9-12-24(13-10-19)39(36,37)38/h1-14,17-18,26-27,29,33-34H,15-16H2,(H,36,37,38)/t26-,27+,29-/m1/s1. The van der Waals surface area contributed by atoms with Gasteiger partial charge in [-0.25, -0.2) is 0 Å². The Kier molecular flexibility index (Phi) is 7.46. The van der Waals surface area contributed by atoms with Crippen molar-refractivity contribution >= 4 is 33.3 Å². The Bertz CT molecular complexity index is 1610. The maximum absolute atomic E-state index is 13.3. The monoisotopic (exact) mass is 563 g/mol. The molecule has 4 aromatic carbocycles. The van der Waals surface area contributed by atoms with Crippen LogP contribution >= 0.6 is 11.6 Å². The number of carbonyl (C=O) groups excluding carboxylic acids is 1.